The molecule has 2 aromatic heterocycles. The Balaban J connectivity index is 1.44. The van der Waals surface area contributed by atoms with Gasteiger partial charge in [-0.2, -0.15) is 0 Å². The summed E-state index contributed by atoms with van der Waals surface area (Å²) < 4.78 is 7.47. The molecule has 5 rings (SSSR count). The molecule has 2 aliphatic rings. The number of hydrogen-bond donors (Lipinski definition) is 1. The molecule has 0 spiro atoms. The highest BCUT2D eigenvalue weighted by atomic mass is 35.5. The summed E-state index contributed by atoms with van der Waals surface area (Å²) in [6.07, 6.45) is 2.45. The second-order valence-electron chi connectivity index (χ2n) is 8.66. The van der Waals surface area contributed by atoms with Gasteiger partial charge in [-0.3, -0.25) is 19.0 Å². The minimum atomic E-state index is -0.196. The lowest BCUT2D eigenvalue weighted by Crippen LogP contribution is -2.34. The minimum Gasteiger partial charge on any atom is -0.376 e. The summed E-state index contributed by atoms with van der Waals surface area (Å²) >= 11 is 8.62. The Kier molecular flexibility index (Phi) is 7.15. The molecule has 0 bridgehead atoms. The van der Waals surface area contributed by atoms with Crippen LogP contribution in [-0.4, -0.2) is 51.3 Å². The van der Waals surface area contributed by atoms with Crippen molar-refractivity contribution in [1.29, 1.82) is 0 Å². The predicted molar refractivity (Wildman–Crippen MR) is 138 cm³/mol. The summed E-state index contributed by atoms with van der Waals surface area (Å²) in [6.45, 7) is 3.77. The van der Waals surface area contributed by atoms with Crippen molar-refractivity contribution >= 4 is 62.4 Å². The molecule has 1 aromatic carbocycles. The predicted octanol–water partition coefficient (Wildman–Crippen LogP) is 3.93. The van der Waals surface area contributed by atoms with E-state index in [0.717, 1.165) is 23.3 Å². The number of thiophene rings is 1. The number of rotatable bonds is 6. The Labute approximate surface area is 215 Å². The van der Waals surface area contributed by atoms with E-state index in [0.29, 0.717) is 58.7 Å². The molecule has 3 aromatic rings. The van der Waals surface area contributed by atoms with Gasteiger partial charge in [-0.25, -0.2) is 4.98 Å². The van der Waals surface area contributed by atoms with Gasteiger partial charge in [-0.15, -0.1) is 11.3 Å². The first-order chi connectivity index (χ1) is 16.9. The number of carbonyl (C=O) groups excluding carboxylic acids is 2. The molecule has 35 heavy (non-hydrogen) atoms. The maximum Gasteiger partial charge on any atom is 0.263 e. The van der Waals surface area contributed by atoms with E-state index < -0.39 is 0 Å². The lowest BCUT2D eigenvalue weighted by molar-refractivity contribution is -0.129. The summed E-state index contributed by atoms with van der Waals surface area (Å²) in [5, 5.41) is 4.59. The fourth-order valence-electron chi connectivity index (χ4n) is 4.45. The van der Waals surface area contributed by atoms with Crippen LogP contribution in [0.25, 0.3) is 10.2 Å². The third-order valence-corrected chi connectivity index (χ3v) is 8.58. The number of anilines is 1. The van der Waals surface area contributed by atoms with Crippen molar-refractivity contribution in [2.24, 2.45) is 0 Å². The van der Waals surface area contributed by atoms with Crippen molar-refractivity contribution in [3.63, 3.8) is 0 Å². The maximum atomic E-state index is 13.7. The van der Waals surface area contributed by atoms with Crippen molar-refractivity contribution in [1.82, 2.24) is 14.5 Å². The molecule has 0 aliphatic carbocycles. The monoisotopic (exact) mass is 532 g/mol. The highest BCUT2D eigenvalue weighted by Crippen LogP contribution is 2.34. The average Bonchev–Trinajstić information content (AvgIpc) is 3.48. The fourth-order valence-corrected chi connectivity index (χ4v) is 6.66. The molecule has 1 saturated heterocycles. The number of nitrogens with zero attached hydrogens (tertiary/aromatic N) is 3. The van der Waals surface area contributed by atoms with Gasteiger partial charge in [0, 0.05) is 35.7 Å². The van der Waals surface area contributed by atoms with Crippen LogP contribution in [0.4, 0.5) is 5.69 Å². The third-order valence-electron chi connectivity index (χ3n) is 6.24. The minimum absolute atomic E-state index is 0.0276. The van der Waals surface area contributed by atoms with Crippen LogP contribution in [0, 0.1) is 0 Å². The number of benzene rings is 1. The van der Waals surface area contributed by atoms with Gasteiger partial charge in [0.15, 0.2) is 5.16 Å². The highest BCUT2D eigenvalue weighted by molar-refractivity contribution is 7.99. The molecule has 11 heteroatoms. The van der Waals surface area contributed by atoms with Crippen molar-refractivity contribution < 1.29 is 14.3 Å². The second kappa shape index (κ2) is 10.3. The van der Waals surface area contributed by atoms with Gasteiger partial charge in [-0.05, 0) is 49.1 Å². The zero-order valence-electron chi connectivity index (χ0n) is 19.2. The third kappa shape index (κ3) is 5.25. The van der Waals surface area contributed by atoms with E-state index in [2.05, 4.69) is 5.32 Å². The molecule has 1 fully saturated rings. The average molecular weight is 533 g/mol. The van der Waals surface area contributed by atoms with Crippen molar-refractivity contribution in [2.45, 2.75) is 50.5 Å². The van der Waals surface area contributed by atoms with Gasteiger partial charge in [0.25, 0.3) is 5.56 Å². The Morgan fingerprint density at radius 2 is 2.11 bits per heavy atom. The Hall–Kier alpha value is -2.40. The van der Waals surface area contributed by atoms with Crippen molar-refractivity contribution in [3.05, 3.63) is 50.1 Å². The largest absolute Gasteiger partial charge is 0.376 e. The summed E-state index contributed by atoms with van der Waals surface area (Å²) in [7, 11) is 0. The summed E-state index contributed by atoms with van der Waals surface area (Å²) in [6, 6.07) is 6.90. The fraction of sp³-hybridized carbons (Fsp3) is 0.417. The lowest BCUT2D eigenvalue weighted by Gasteiger charge is -2.25. The number of thioether (sulfide) groups is 1. The smallest absolute Gasteiger partial charge is 0.263 e. The summed E-state index contributed by atoms with van der Waals surface area (Å²) in [5.74, 6) is -0.0623. The molecule has 8 nitrogen and oxygen atoms in total. The van der Waals surface area contributed by atoms with Gasteiger partial charge in [0.1, 0.15) is 4.83 Å². The lowest BCUT2D eigenvalue weighted by atomic mass is 10.1. The molecule has 4 heterocycles. The van der Waals surface area contributed by atoms with E-state index in [1.807, 2.05) is 0 Å². The van der Waals surface area contributed by atoms with E-state index in [1.54, 1.807) is 40.7 Å². The second-order valence-corrected chi connectivity index (χ2v) is 11.1. The zero-order valence-corrected chi connectivity index (χ0v) is 21.6. The first kappa shape index (κ1) is 24.3. The maximum absolute atomic E-state index is 13.7. The van der Waals surface area contributed by atoms with Crippen LogP contribution in [0.5, 0.6) is 0 Å². The first-order valence-electron chi connectivity index (χ1n) is 11.5. The van der Waals surface area contributed by atoms with Crippen LogP contribution < -0.4 is 10.9 Å². The van der Waals surface area contributed by atoms with E-state index in [9.17, 15) is 14.4 Å². The molecule has 2 aliphatic heterocycles. The number of fused-ring (bicyclic) bond motifs is 3. The highest BCUT2D eigenvalue weighted by Gasteiger charge is 2.27. The van der Waals surface area contributed by atoms with Crippen LogP contribution >= 0.6 is 34.7 Å². The first-order valence-corrected chi connectivity index (χ1v) is 13.7. The van der Waals surface area contributed by atoms with Gasteiger partial charge < -0.3 is 15.0 Å². The van der Waals surface area contributed by atoms with Gasteiger partial charge in [0.2, 0.25) is 11.8 Å². The molecule has 1 atom stereocenters. The number of carbonyl (C=O) groups is 2. The topological polar surface area (TPSA) is 93.5 Å². The van der Waals surface area contributed by atoms with E-state index >= 15 is 0 Å². The number of ether oxygens (including phenoxy) is 1. The normalized spacial score (nSPS) is 17.5. The molecule has 0 radical (unpaired) electrons. The number of nitrogens with one attached hydrogen (secondary N) is 1. The van der Waals surface area contributed by atoms with E-state index in [4.69, 9.17) is 21.3 Å². The zero-order chi connectivity index (χ0) is 24.5. The van der Waals surface area contributed by atoms with Gasteiger partial charge >= 0.3 is 0 Å². The van der Waals surface area contributed by atoms with E-state index in [-0.39, 0.29) is 29.2 Å². The molecular weight excluding hydrogens is 508 g/mol. The van der Waals surface area contributed by atoms with Crippen LogP contribution in [-0.2, 0) is 33.8 Å². The van der Waals surface area contributed by atoms with Crippen molar-refractivity contribution in [3.8, 4) is 0 Å². The standard InChI is InChI=1S/C24H25ClN4O4S2/c1-14(30)28-9-8-18-19(12-28)35-22-21(18)23(32)29(11-17-3-2-10-33-17)24(27-22)34-13-20(31)26-16-6-4-15(25)5-7-16/h4-7,17H,2-3,8-13H2,1H3,(H,26,31)/t17-/m0/s1. The number of halogens is 1. The van der Waals surface area contributed by atoms with Crippen LogP contribution in [0.3, 0.4) is 0 Å². The number of aromatic nitrogens is 2. The molecule has 1 N–H and O–H groups in total. The Bertz CT molecular complexity index is 1330. The molecule has 184 valence electrons. The molecular formula is C24H25ClN4O4S2. The van der Waals surface area contributed by atoms with E-state index in [1.165, 1.54) is 23.1 Å². The van der Waals surface area contributed by atoms with Gasteiger partial charge in [-0.1, -0.05) is 23.4 Å². The summed E-state index contributed by atoms with van der Waals surface area (Å²) in [4.78, 5) is 46.5. The Morgan fingerprint density at radius 1 is 1.31 bits per heavy atom. The summed E-state index contributed by atoms with van der Waals surface area (Å²) in [5.41, 5.74) is 1.55. The Morgan fingerprint density at radius 3 is 2.83 bits per heavy atom. The quantitative estimate of drug-likeness (QED) is 0.382. The SMILES string of the molecule is CC(=O)N1CCc2c(sc3nc(SCC(=O)Nc4ccc(Cl)cc4)n(C[C@@H]4CCCO4)c(=O)c23)C1. The number of amides is 2. The van der Waals surface area contributed by atoms with Gasteiger partial charge in [0.05, 0.1) is 30.3 Å². The number of hydrogen-bond acceptors (Lipinski definition) is 7. The molecule has 2 amide bonds. The molecule has 0 unspecified atom stereocenters. The van der Waals surface area contributed by atoms with Crippen LogP contribution in [0.15, 0.2) is 34.2 Å². The van der Waals surface area contributed by atoms with Crippen LogP contribution in [0.1, 0.15) is 30.2 Å². The van der Waals surface area contributed by atoms with Crippen molar-refractivity contribution in [2.75, 3.05) is 24.2 Å². The van der Waals surface area contributed by atoms with Crippen LogP contribution in [0.2, 0.25) is 5.02 Å². The molecule has 0 saturated carbocycles.